The molecule has 1 unspecified atom stereocenters. The lowest BCUT2D eigenvalue weighted by atomic mass is 10.0. The van der Waals surface area contributed by atoms with Crippen molar-refractivity contribution in [2.75, 3.05) is 69.5 Å². The van der Waals surface area contributed by atoms with Gasteiger partial charge in [-0.3, -0.25) is 10.1 Å². The SMILES string of the molecule is COc1cc(N(C)CCN(C)C)c([N+](=O)[O-])cc1Nc1nccc(-c2c(N3CCC(O)C3)n3c4c(cccc24)CCC3)n1. The maximum Gasteiger partial charge on any atom is 0.294 e. The molecule has 1 saturated heterocycles. The molecule has 1 fully saturated rings. The van der Waals surface area contributed by atoms with Crippen LogP contribution in [0.3, 0.4) is 0 Å². The van der Waals surface area contributed by atoms with E-state index in [4.69, 9.17) is 9.72 Å². The largest absolute Gasteiger partial charge is 0.494 e. The Bertz CT molecular complexity index is 1670. The minimum Gasteiger partial charge on any atom is -0.494 e. The quantitative estimate of drug-likeness (QED) is 0.206. The molecule has 2 N–H and O–H groups in total. The van der Waals surface area contributed by atoms with Gasteiger partial charge in [0.15, 0.2) is 0 Å². The number of aryl methyl sites for hydroxylation is 2. The van der Waals surface area contributed by atoms with E-state index in [9.17, 15) is 15.2 Å². The molecule has 2 aromatic carbocycles. The highest BCUT2D eigenvalue weighted by atomic mass is 16.6. The zero-order chi connectivity index (χ0) is 30.2. The van der Waals surface area contributed by atoms with Crippen LogP contribution in [-0.2, 0) is 13.0 Å². The van der Waals surface area contributed by atoms with Crippen LogP contribution >= 0.6 is 0 Å². The average molecular weight is 587 g/mol. The first-order valence-corrected chi connectivity index (χ1v) is 14.6. The van der Waals surface area contributed by atoms with Gasteiger partial charge in [0.1, 0.15) is 17.3 Å². The van der Waals surface area contributed by atoms with E-state index in [1.807, 2.05) is 37.0 Å². The Labute approximate surface area is 250 Å². The number of methoxy groups -OCH3 is 1. The number of hydrogen-bond donors (Lipinski definition) is 2. The van der Waals surface area contributed by atoms with Crippen LogP contribution in [0.25, 0.3) is 22.2 Å². The van der Waals surface area contributed by atoms with Gasteiger partial charge < -0.3 is 34.4 Å². The number of aromatic nitrogens is 3. The average Bonchev–Trinajstić information content (AvgIpc) is 3.57. The second kappa shape index (κ2) is 11.7. The van der Waals surface area contributed by atoms with Crippen molar-refractivity contribution in [1.29, 1.82) is 0 Å². The molecule has 4 heterocycles. The molecular weight excluding hydrogens is 548 g/mol. The number of nitro benzene ring substituents is 1. The van der Waals surface area contributed by atoms with Gasteiger partial charge in [-0.05, 0) is 45.0 Å². The van der Waals surface area contributed by atoms with Crippen LogP contribution in [0.5, 0.6) is 5.75 Å². The van der Waals surface area contributed by atoms with Gasteiger partial charge >= 0.3 is 0 Å². The first-order chi connectivity index (χ1) is 20.7. The molecule has 226 valence electrons. The van der Waals surface area contributed by atoms with Crippen molar-refractivity contribution in [3.05, 3.63) is 58.3 Å². The van der Waals surface area contributed by atoms with E-state index in [0.717, 1.165) is 61.4 Å². The molecule has 43 heavy (non-hydrogen) atoms. The number of nitrogens with one attached hydrogen (secondary N) is 1. The van der Waals surface area contributed by atoms with E-state index in [-0.39, 0.29) is 16.7 Å². The summed E-state index contributed by atoms with van der Waals surface area (Å²) < 4.78 is 8.05. The fourth-order valence-electron chi connectivity index (χ4n) is 6.26. The fourth-order valence-corrected chi connectivity index (χ4v) is 6.26. The minimum absolute atomic E-state index is 0.0374. The Morgan fingerprint density at radius 2 is 2.02 bits per heavy atom. The molecule has 6 rings (SSSR count). The number of hydrogen-bond acceptors (Lipinski definition) is 10. The van der Waals surface area contributed by atoms with Crippen LogP contribution in [0, 0.1) is 10.1 Å². The molecule has 12 nitrogen and oxygen atoms in total. The van der Waals surface area contributed by atoms with Crippen LogP contribution in [-0.4, -0.2) is 90.0 Å². The van der Waals surface area contributed by atoms with Gasteiger partial charge in [0, 0.05) is 63.5 Å². The van der Waals surface area contributed by atoms with Crippen molar-refractivity contribution in [3.63, 3.8) is 0 Å². The minimum atomic E-state index is -0.381. The highest BCUT2D eigenvalue weighted by Gasteiger charge is 2.31. The maximum absolute atomic E-state index is 12.1. The summed E-state index contributed by atoms with van der Waals surface area (Å²) in [5, 5.41) is 26.8. The lowest BCUT2D eigenvalue weighted by Crippen LogP contribution is -2.28. The summed E-state index contributed by atoms with van der Waals surface area (Å²) in [6, 6.07) is 11.5. The number of nitrogens with zero attached hydrogens (tertiary/aromatic N) is 7. The smallest absolute Gasteiger partial charge is 0.294 e. The van der Waals surface area contributed by atoms with Crippen LogP contribution in [0.4, 0.5) is 28.8 Å². The molecule has 0 aliphatic carbocycles. The van der Waals surface area contributed by atoms with Crippen molar-refractivity contribution in [2.24, 2.45) is 0 Å². The van der Waals surface area contributed by atoms with E-state index < -0.39 is 0 Å². The molecule has 1 atom stereocenters. The summed E-state index contributed by atoms with van der Waals surface area (Å²) in [7, 11) is 7.30. The number of rotatable bonds is 10. The second-order valence-corrected chi connectivity index (χ2v) is 11.6. The molecular formula is C31H38N8O4. The number of nitro groups is 1. The summed E-state index contributed by atoms with van der Waals surface area (Å²) in [6.45, 7) is 3.60. The van der Waals surface area contributed by atoms with Crippen LogP contribution in [0.15, 0.2) is 42.6 Å². The Hall–Kier alpha value is -4.42. The number of β-amino-alcohol motifs (C(OH)–C–C–N with tert-alkyl or cyclic N) is 1. The van der Waals surface area contributed by atoms with Gasteiger partial charge in [-0.1, -0.05) is 18.2 Å². The molecule has 0 saturated carbocycles. The number of benzene rings is 2. The molecule has 4 aromatic rings. The number of anilines is 4. The maximum atomic E-state index is 12.1. The Morgan fingerprint density at radius 3 is 2.74 bits per heavy atom. The number of para-hydroxylation sites is 1. The highest BCUT2D eigenvalue weighted by molar-refractivity contribution is 6.04. The van der Waals surface area contributed by atoms with E-state index in [2.05, 4.69) is 38.0 Å². The number of ether oxygens (including phenoxy) is 1. The zero-order valence-corrected chi connectivity index (χ0v) is 25.1. The number of aliphatic hydroxyl groups excluding tert-OH is 1. The predicted octanol–water partition coefficient (Wildman–Crippen LogP) is 4.27. The van der Waals surface area contributed by atoms with Crippen molar-refractivity contribution in [1.82, 2.24) is 19.4 Å². The van der Waals surface area contributed by atoms with Crippen LogP contribution < -0.4 is 19.9 Å². The molecule has 2 aliphatic rings. The van der Waals surface area contributed by atoms with E-state index in [0.29, 0.717) is 36.2 Å². The molecule has 0 spiro atoms. The molecule has 12 heteroatoms. The summed E-state index contributed by atoms with van der Waals surface area (Å²) in [6.07, 6.45) is 4.14. The molecule has 0 radical (unpaired) electrons. The molecule has 2 aromatic heterocycles. The standard InChI is InChI=1S/C31H38N8O4/c1-35(2)15-16-36(3)25-18-27(43-4)24(17-26(25)39(41)42)34-31-32-12-10-23(33-31)28-22-9-5-7-20-8-6-13-38(29(20)22)30(28)37-14-11-21(40)19-37/h5,7,9-10,12,17-18,21,40H,6,8,11,13-16,19H2,1-4H3,(H,32,33,34). The van der Waals surface area contributed by atoms with Gasteiger partial charge in [0.2, 0.25) is 5.95 Å². The van der Waals surface area contributed by atoms with E-state index in [1.165, 1.54) is 24.3 Å². The highest BCUT2D eigenvalue weighted by Crippen LogP contribution is 2.44. The fraction of sp³-hybridized carbons (Fsp3) is 0.419. The second-order valence-electron chi connectivity index (χ2n) is 11.6. The molecule has 0 amide bonds. The third kappa shape index (κ3) is 5.43. The first kappa shape index (κ1) is 28.7. The summed E-state index contributed by atoms with van der Waals surface area (Å²) in [4.78, 5) is 27.3. The van der Waals surface area contributed by atoms with Crippen molar-refractivity contribution < 1.29 is 14.8 Å². The zero-order valence-electron chi connectivity index (χ0n) is 25.1. The topological polar surface area (TPSA) is 125 Å². The first-order valence-electron chi connectivity index (χ1n) is 14.6. The summed E-state index contributed by atoms with van der Waals surface area (Å²) in [5.41, 5.74) is 5.12. The van der Waals surface area contributed by atoms with Crippen molar-refractivity contribution in [3.8, 4) is 17.0 Å². The van der Waals surface area contributed by atoms with E-state index >= 15 is 0 Å². The lowest BCUT2D eigenvalue weighted by molar-refractivity contribution is -0.384. The van der Waals surface area contributed by atoms with Gasteiger partial charge in [0.05, 0.1) is 40.6 Å². The third-order valence-electron chi connectivity index (χ3n) is 8.37. The lowest BCUT2D eigenvalue weighted by Gasteiger charge is -2.25. The Kier molecular flexibility index (Phi) is 7.80. The summed E-state index contributed by atoms with van der Waals surface area (Å²) >= 11 is 0. The van der Waals surface area contributed by atoms with Gasteiger partial charge in [-0.2, -0.15) is 0 Å². The molecule has 0 bridgehead atoms. The third-order valence-corrected chi connectivity index (χ3v) is 8.37. The Morgan fingerprint density at radius 1 is 1.19 bits per heavy atom. The number of likely N-dealkylation sites (N-methyl/N-ethyl adjacent to an activating group) is 2. The summed E-state index contributed by atoms with van der Waals surface area (Å²) in [5.74, 6) is 1.82. The monoisotopic (exact) mass is 586 g/mol. The normalized spacial score (nSPS) is 16.2. The van der Waals surface area contributed by atoms with Crippen molar-refractivity contribution >= 4 is 39.7 Å². The van der Waals surface area contributed by atoms with Gasteiger partial charge in [-0.25, -0.2) is 9.97 Å². The van der Waals surface area contributed by atoms with E-state index in [1.54, 1.807) is 12.3 Å². The number of aliphatic hydroxyl groups is 1. The van der Waals surface area contributed by atoms with Gasteiger partial charge in [-0.15, -0.1) is 0 Å². The van der Waals surface area contributed by atoms with Crippen LogP contribution in [0.1, 0.15) is 18.4 Å². The van der Waals surface area contributed by atoms with Crippen LogP contribution in [0.2, 0.25) is 0 Å². The Balaban J connectivity index is 1.41. The van der Waals surface area contributed by atoms with Crippen molar-refractivity contribution in [2.45, 2.75) is 31.9 Å². The molecule has 2 aliphatic heterocycles. The van der Waals surface area contributed by atoms with Gasteiger partial charge in [0.25, 0.3) is 5.69 Å². The predicted molar refractivity (Wildman–Crippen MR) is 169 cm³/mol.